The first-order chi connectivity index (χ1) is 8.22. The van der Waals surface area contributed by atoms with Crippen LogP contribution >= 0.6 is 0 Å². The molecule has 0 unspecified atom stereocenters. The minimum atomic E-state index is 0.249. The van der Waals surface area contributed by atoms with Crippen LogP contribution in [-0.2, 0) is 4.74 Å². The summed E-state index contributed by atoms with van der Waals surface area (Å²) in [6, 6.07) is 0. The van der Waals surface area contributed by atoms with Crippen LogP contribution in [0.1, 0.15) is 46.0 Å². The standard InChI is InChI=1S/C14H30N2O/c1-4-13-6-8-14(12-15,9-7-13)16(5-2)10-11-17-3/h13H,4-12,15H2,1-3H3. The molecule has 0 aromatic carbocycles. The number of rotatable bonds is 7. The van der Waals surface area contributed by atoms with E-state index in [0.29, 0.717) is 0 Å². The molecular formula is C14H30N2O. The molecule has 0 spiro atoms. The average Bonchev–Trinajstić information content (AvgIpc) is 2.40. The molecule has 0 saturated heterocycles. The van der Waals surface area contributed by atoms with Crippen LogP contribution in [0.4, 0.5) is 0 Å². The summed E-state index contributed by atoms with van der Waals surface area (Å²) in [5.74, 6) is 0.927. The van der Waals surface area contributed by atoms with Crippen LogP contribution < -0.4 is 5.73 Å². The fraction of sp³-hybridized carbons (Fsp3) is 1.00. The Morgan fingerprint density at radius 2 is 1.94 bits per heavy atom. The lowest BCUT2D eigenvalue weighted by molar-refractivity contribution is 0.0259. The van der Waals surface area contributed by atoms with Crippen molar-refractivity contribution in [3.05, 3.63) is 0 Å². The van der Waals surface area contributed by atoms with E-state index in [4.69, 9.17) is 10.5 Å². The van der Waals surface area contributed by atoms with Crippen LogP contribution in [0, 0.1) is 5.92 Å². The van der Waals surface area contributed by atoms with E-state index in [1.807, 2.05) is 0 Å². The van der Waals surface area contributed by atoms with Gasteiger partial charge < -0.3 is 10.5 Å². The molecule has 0 aromatic rings. The van der Waals surface area contributed by atoms with Gasteiger partial charge in [0.2, 0.25) is 0 Å². The third-order valence-electron chi connectivity index (χ3n) is 4.61. The fourth-order valence-corrected chi connectivity index (χ4v) is 3.20. The van der Waals surface area contributed by atoms with Gasteiger partial charge in [0.15, 0.2) is 0 Å². The summed E-state index contributed by atoms with van der Waals surface area (Å²) in [4.78, 5) is 2.54. The van der Waals surface area contributed by atoms with Gasteiger partial charge >= 0.3 is 0 Å². The Morgan fingerprint density at radius 1 is 1.29 bits per heavy atom. The van der Waals surface area contributed by atoms with Crippen molar-refractivity contribution in [3.63, 3.8) is 0 Å². The van der Waals surface area contributed by atoms with Crippen molar-refractivity contribution >= 4 is 0 Å². The van der Waals surface area contributed by atoms with E-state index < -0.39 is 0 Å². The molecule has 0 bridgehead atoms. The molecule has 0 radical (unpaired) electrons. The van der Waals surface area contributed by atoms with Crippen molar-refractivity contribution in [2.24, 2.45) is 11.7 Å². The van der Waals surface area contributed by atoms with Gasteiger partial charge in [-0.3, -0.25) is 4.90 Å². The first-order valence-electron chi connectivity index (χ1n) is 7.16. The van der Waals surface area contributed by atoms with Crippen molar-refractivity contribution in [2.45, 2.75) is 51.5 Å². The summed E-state index contributed by atoms with van der Waals surface area (Å²) in [6.45, 7) is 8.24. The molecule has 17 heavy (non-hydrogen) atoms. The highest BCUT2D eigenvalue weighted by molar-refractivity contribution is 4.95. The lowest BCUT2D eigenvalue weighted by atomic mass is 9.74. The van der Waals surface area contributed by atoms with Gasteiger partial charge in [0.25, 0.3) is 0 Å². The molecule has 1 aliphatic rings. The van der Waals surface area contributed by atoms with E-state index in [-0.39, 0.29) is 5.54 Å². The van der Waals surface area contributed by atoms with Gasteiger partial charge in [0.05, 0.1) is 6.61 Å². The molecule has 0 amide bonds. The van der Waals surface area contributed by atoms with Crippen molar-refractivity contribution in [2.75, 3.05) is 33.4 Å². The maximum Gasteiger partial charge on any atom is 0.0589 e. The second kappa shape index (κ2) is 7.34. The lowest BCUT2D eigenvalue weighted by Gasteiger charge is -2.47. The Balaban J connectivity index is 2.60. The minimum Gasteiger partial charge on any atom is -0.383 e. The predicted octanol–water partition coefficient (Wildman–Crippen LogP) is 2.25. The summed E-state index contributed by atoms with van der Waals surface area (Å²) in [5, 5.41) is 0. The zero-order valence-corrected chi connectivity index (χ0v) is 11.9. The zero-order valence-electron chi connectivity index (χ0n) is 11.9. The highest BCUT2D eigenvalue weighted by Gasteiger charge is 2.37. The number of hydrogen-bond acceptors (Lipinski definition) is 3. The number of nitrogens with two attached hydrogens (primary N) is 1. The zero-order chi connectivity index (χ0) is 12.7. The minimum absolute atomic E-state index is 0.249. The van der Waals surface area contributed by atoms with E-state index in [1.165, 1.54) is 32.1 Å². The van der Waals surface area contributed by atoms with Gasteiger partial charge in [-0.05, 0) is 38.1 Å². The second-order valence-electron chi connectivity index (χ2n) is 5.35. The Morgan fingerprint density at radius 3 is 2.35 bits per heavy atom. The Labute approximate surface area is 107 Å². The number of methoxy groups -OCH3 is 1. The van der Waals surface area contributed by atoms with Crippen molar-refractivity contribution in [1.82, 2.24) is 4.90 Å². The number of likely N-dealkylation sites (N-methyl/N-ethyl adjacent to an activating group) is 1. The summed E-state index contributed by atoms with van der Waals surface area (Å²) >= 11 is 0. The molecule has 0 aliphatic heterocycles. The molecule has 0 atom stereocenters. The van der Waals surface area contributed by atoms with E-state index >= 15 is 0 Å². The molecule has 1 saturated carbocycles. The smallest absolute Gasteiger partial charge is 0.0589 e. The molecule has 0 aromatic heterocycles. The van der Waals surface area contributed by atoms with Gasteiger partial charge in [-0.1, -0.05) is 20.3 Å². The largest absolute Gasteiger partial charge is 0.383 e. The predicted molar refractivity (Wildman–Crippen MR) is 73.2 cm³/mol. The van der Waals surface area contributed by atoms with Gasteiger partial charge in [-0.25, -0.2) is 0 Å². The molecule has 1 rings (SSSR count). The maximum atomic E-state index is 6.09. The van der Waals surface area contributed by atoms with Gasteiger partial charge in [0.1, 0.15) is 0 Å². The molecule has 2 N–H and O–H groups in total. The summed E-state index contributed by atoms with van der Waals surface area (Å²) in [6.07, 6.45) is 6.54. The van der Waals surface area contributed by atoms with Gasteiger partial charge in [-0.15, -0.1) is 0 Å². The Bertz CT molecular complexity index is 200. The summed E-state index contributed by atoms with van der Waals surface area (Å²) in [7, 11) is 1.77. The molecule has 102 valence electrons. The molecular weight excluding hydrogens is 212 g/mol. The molecule has 3 heteroatoms. The first-order valence-corrected chi connectivity index (χ1v) is 7.16. The van der Waals surface area contributed by atoms with Crippen molar-refractivity contribution < 1.29 is 4.74 Å². The molecule has 3 nitrogen and oxygen atoms in total. The van der Waals surface area contributed by atoms with Crippen LogP contribution in [0.5, 0.6) is 0 Å². The average molecular weight is 242 g/mol. The second-order valence-corrected chi connectivity index (χ2v) is 5.35. The molecule has 1 fully saturated rings. The summed E-state index contributed by atoms with van der Waals surface area (Å²) < 4.78 is 5.21. The number of ether oxygens (including phenoxy) is 1. The van der Waals surface area contributed by atoms with E-state index in [9.17, 15) is 0 Å². The maximum absolute atomic E-state index is 6.09. The topological polar surface area (TPSA) is 38.5 Å². The van der Waals surface area contributed by atoms with Crippen LogP contribution in [0.25, 0.3) is 0 Å². The number of hydrogen-bond donors (Lipinski definition) is 1. The molecule has 0 heterocycles. The SMILES string of the molecule is CCC1CCC(CN)(N(CC)CCOC)CC1. The Kier molecular flexibility index (Phi) is 6.45. The van der Waals surface area contributed by atoms with Crippen LogP contribution in [0.15, 0.2) is 0 Å². The van der Waals surface area contributed by atoms with Crippen molar-refractivity contribution in [3.8, 4) is 0 Å². The van der Waals surface area contributed by atoms with E-state index in [0.717, 1.165) is 32.2 Å². The Hall–Kier alpha value is -0.120. The summed E-state index contributed by atoms with van der Waals surface area (Å²) in [5.41, 5.74) is 6.34. The molecule has 1 aliphatic carbocycles. The quantitative estimate of drug-likeness (QED) is 0.744. The third kappa shape index (κ3) is 3.67. The third-order valence-corrected chi connectivity index (χ3v) is 4.61. The monoisotopic (exact) mass is 242 g/mol. The first kappa shape index (κ1) is 14.9. The highest BCUT2D eigenvalue weighted by Crippen LogP contribution is 2.37. The van der Waals surface area contributed by atoms with Crippen LogP contribution in [-0.4, -0.2) is 43.8 Å². The van der Waals surface area contributed by atoms with Gasteiger partial charge in [-0.2, -0.15) is 0 Å². The fourth-order valence-electron chi connectivity index (χ4n) is 3.20. The van der Waals surface area contributed by atoms with E-state index in [1.54, 1.807) is 7.11 Å². The lowest BCUT2D eigenvalue weighted by Crippen LogP contribution is -2.56. The van der Waals surface area contributed by atoms with Gasteiger partial charge in [0, 0.05) is 25.7 Å². The number of nitrogens with zero attached hydrogens (tertiary/aromatic N) is 1. The van der Waals surface area contributed by atoms with E-state index in [2.05, 4.69) is 18.7 Å². The highest BCUT2D eigenvalue weighted by atomic mass is 16.5. The van der Waals surface area contributed by atoms with Crippen molar-refractivity contribution in [1.29, 1.82) is 0 Å². The van der Waals surface area contributed by atoms with Crippen LogP contribution in [0.2, 0.25) is 0 Å². The van der Waals surface area contributed by atoms with Crippen LogP contribution in [0.3, 0.4) is 0 Å². The normalized spacial score (nSPS) is 29.8.